The molecule has 21 heavy (non-hydrogen) atoms. The highest BCUT2D eigenvalue weighted by molar-refractivity contribution is 5.77. The zero-order valence-corrected chi connectivity index (χ0v) is 12.9. The van der Waals surface area contributed by atoms with Crippen LogP contribution in [0.1, 0.15) is 12.0 Å². The third-order valence-electron chi connectivity index (χ3n) is 4.09. The molecule has 5 heteroatoms. The van der Waals surface area contributed by atoms with E-state index >= 15 is 0 Å². The molecule has 1 unspecified atom stereocenters. The van der Waals surface area contributed by atoms with Gasteiger partial charge in [0.1, 0.15) is 0 Å². The lowest BCUT2D eigenvalue weighted by molar-refractivity contribution is -0.133. The molecule has 0 saturated carbocycles. The van der Waals surface area contributed by atoms with Crippen molar-refractivity contribution in [2.45, 2.75) is 19.4 Å². The molecule has 1 heterocycles. The summed E-state index contributed by atoms with van der Waals surface area (Å²) < 4.78 is 5.18. The van der Waals surface area contributed by atoms with Gasteiger partial charge in [0.05, 0.1) is 12.5 Å². The molecule has 0 aliphatic carbocycles. The molecule has 1 fully saturated rings. The van der Waals surface area contributed by atoms with E-state index < -0.39 is 0 Å². The highest BCUT2D eigenvalue weighted by Crippen LogP contribution is 2.21. The van der Waals surface area contributed by atoms with Gasteiger partial charge >= 0.3 is 0 Å². The fourth-order valence-corrected chi connectivity index (χ4v) is 2.70. The van der Waals surface area contributed by atoms with Crippen LogP contribution >= 0.6 is 0 Å². The molecule has 1 aliphatic rings. The van der Waals surface area contributed by atoms with Crippen LogP contribution in [-0.4, -0.2) is 56.7 Å². The number of anilines is 1. The van der Waals surface area contributed by atoms with Gasteiger partial charge in [-0.2, -0.15) is 0 Å². The van der Waals surface area contributed by atoms with Crippen LogP contribution in [0.5, 0.6) is 0 Å². The lowest BCUT2D eigenvalue weighted by atomic mass is 10.1. The molecular weight excluding hydrogens is 266 g/mol. The summed E-state index contributed by atoms with van der Waals surface area (Å²) in [7, 11) is 1.60. The number of methoxy groups -OCH3 is 1. The summed E-state index contributed by atoms with van der Waals surface area (Å²) in [4.78, 5) is 16.5. The number of nitrogens with zero attached hydrogens (tertiary/aromatic N) is 2. The van der Waals surface area contributed by atoms with Crippen molar-refractivity contribution in [2.24, 2.45) is 5.73 Å². The zero-order chi connectivity index (χ0) is 15.2. The Hall–Kier alpha value is -1.59. The fraction of sp³-hybridized carbons (Fsp3) is 0.562. The maximum Gasteiger partial charge on any atom is 0.225 e. The lowest BCUT2D eigenvalue weighted by Gasteiger charge is -2.37. The van der Waals surface area contributed by atoms with Gasteiger partial charge in [-0.05, 0) is 18.6 Å². The number of piperazine rings is 1. The number of amides is 1. The Morgan fingerprint density at radius 3 is 2.52 bits per heavy atom. The van der Waals surface area contributed by atoms with Crippen molar-refractivity contribution in [3.8, 4) is 0 Å². The zero-order valence-electron chi connectivity index (χ0n) is 12.9. The Morgan fingerprint density at radius 1 is 1.29 bits per heavy atom. The number of hydrogen-bond acceptors (Lipinski definition) is 4. The largest absolute Gasteiger partial charge is 0.380 e. The van der Waals surface area contributed by atoms with E-state index in [9.17, 15) is 4.79 Å². The second kappa shape index (κ2) is 7.43. The van der Waals surface area contributed by atoms with E-state index in [1.54, 1.807) is 7.11 Å². The van der Waals surface area contributed by atoms with E-state index in [0.29, 0.717) is 13.0 Å². The smallest absolute Gasteiger partial charge is 0.225 e. The molecule has 2 rings (SSSR count). The van der Waals surface area contributed by atoms with Gasteiger partial charge in [0, 0.05) is 45.5 Å². The van der Waals surface area contributed by atoms with Crippen molar-refractivity contribution in [2.75, 3.05) is 44.7 Å². The van der Waals surface area contributed by atoms with E-state index in [-0.39, 0.29) is 12.0 Å². The van der Waals surface area contributed by atoms with Crippen molar-refractivity contribution in [1.82, 2.24) is 4.90 Å². The number of ether oxygens (including phenoxy) is 1. The Kier molecular flexibility index (Phi) is 5.59. The third kappa shape index (κ3) is 3.95. The van der Waals surface area contributed by atoms with Gasteiger partial charge < -0.3 is 20.3 Å². The quantitative estimate of drug-likeness (QED) is 0.879. The number of benzene rings is 1. The Bertz CT molecular complexity index is 466. The number of nitrogens with two attached hydrogens (primary N) is 1. The van der Waals surface area contributed by atoms with Gasteiger partial charge in [-0.25, -0.2) is 0 Å². The summed E-state index contributed by atoms with van der Waals surface area (Å²) in [5, 5.41) is 0. The van der Waals surface area contributed by atoms with E-state index in [1.807, 2.05) is 4.90 Å². The van der Waals surface area contributed by atoms with Crippen LogP contribution < -0.4 is 10.6 Å². The van der Waals surface area contributed by atoms with Crippen LogP contribution in [0, 0.1) is 6.92 Å². The van der Waals surface area contributed by atoms with Crippen molar-refractivity contribution < 1.29 is 9.53 Å². The number of para-hydroxylation sites is 1. The minimum absolute atomic E-state index is 0.136. The second-order valence-corrected chi connectivity index (χ2v) is 5.45. The van der Waals surface area contributed by atoms with Crippen LogP contribution in [0.25, 0.3) is 0 Å². The molecule has 1 aromatic rings. The second-order valence-electron chi connectivity index (χ2n) is 5.45. The van der Waals surface area contributed by atoms with E-state index in [2.05, 4.69) is 36.1 Å². The summed E-state index contributed by atoms with van der Waals surface area (Å²) in [6.45, 7) is 5.76. The third-order valence-corrected chi connectivity index (χ3v) is 4.09. The minimum Gasteiger partial charge on any atom is -0.380 e. The molecule has 1 aromatic carbocycles. The molecule has 1 saturated heterocycles. The fourth-order valence-electron chi connectivity index (χ4n) is 2.70. The molecule has 1 amide bonds. The summed E-state index contributed by atoms with van der Waals surface area (Å²) in [6, 6.07) is 8.38. The van der Waals surface area contributed by atoms with Crippen LogP contribution in [-0.2, 0) is 9.53 Å². The molecule has 0 bridgehead atoms. The number of carbonyl (C=O) groups is 1. The SMILES string of the molecule is COC(CN)CC(=O)N1CCN(c2ccccc2C)CC1. The van der Waals surface area contributed by atoms with Crippen LogP contribution in [0.15, 0.2) is 24.3 Å². The number of hydrogen-bond donors (Lipinski definition) is 1. The van der Waals surface area contributed by atoms with Crippen LogP contribution in [0.4, 0.5) is 5.69 Å². The molecule has 1 atom stereocenters. The van der Waals surface area contributed by atoms with E-state index in [1.165, 1.54) is 11.3 Å². The molecular formula is C16H25N3O2. The van der Waals surface area contributed by atoms with Gasteiger partial charge in [-0.3, -0.25) is 4.79 Å². The van der Waals surface area contributed by atoms with Gasteiger partial charge in [-0.1, -0.05) is 18.2 Å². The maximum atomic E-state index is 12.2. The van der Waals surface area contributed by atoms with Gasteiger partial charge in [0.2, 0.25) is 5.91 Å². The average molecular weight is 291 g/mol. The number of rotatable bonds is 5. The predicted molar refractivity (Wildman–Crippen MR) is 84.4 cm³/mol. The highest BCUT2D eigenvalue weighted by Gasteiger charge is 2.23. The monoisotopic (exact) mass is 291 g/mol. The Morgan fingerprint density at radius 2 is 1.95 bits per heavy atom. The Labute approximate surface area is 126 Å². The first-order valence-electron chi connectivity index (χ1n) is 7.47. The maximum absolute atomic E-state index is 12.2. The predicted octanol–water partition coefficient (Wildman–Crippen LogP) is 1.01. The molecule has 0 spiro atoms. The topological polar surface area (TPSA) is 58.8 Å². The van der Waals surface area contributed by atoms with Crippen LogP contribution in [0.2, 0.25) is 0 Å². The Balaban J connectivity index is 1.88. The molecule has 5 nitrogen and oxygen atoms in total. The van der Waals surface area contributed by atoms with Gasteiger partial charge in [0.25, 0.3) is 0 Å². The average Bonchev–Trinajstić information content (AvgIpc) is 2.53. The first kappa shape index (κ1) is 15.8. The first-order valence-corrected chi connectivity index (χ1v) is 7.47. The molecule has 0 radical (unpaired) electrons. The van der Waals surface area contributed by atoms with Crippen molar-refractivity contribution in [3.63, 3.8) is 0 Å². The summed E-state index contributed by atoms with van der Waals surface area (Å²) >= 11 is 0. The van der Waals surface area contributed by atoms with Gasteiger partial charge in [0.15, 0.2) is 0 Å². The van der Waals surface area contributed by atoms with Crippen molar-refractivity contribution in [3.05, 3.63) is 29.8 Å². The normalized spacial score (nSPS) is 16.9. The standard InChI is InChI=1S/C16H25N3O2/c1-13-5-3-4-6-15(13)18-7-9-19(10-8-18)16(20)11-14(12-17)21-2/h3-6,14H,7-12,17H2,1-2H3. The number of carbonyl (C=O) groups excluding carboxylic acids is 1. The number of aryl methyl sites for hydroxylation is 1. The minimum atomic E-state index is -0.174. The van der Waals surface area contributed by atoms with Crippen LogP contribution in [0.3, 0.4) is 0 Å². The summed E-state index contributed by atoms with van der Waals surface area (Å²) in [5.74, 6) is 0.136. The molecule has 116 valence electrons. The van der Waals surface area contributed by atoms with Gasteiger partial charge in [-0.15, -0.1) is 0 Å². The summed E-state index contributed by atoms with van der Waals surface area (Å²) in [6.07, 6.45) is 0.198. The molecule has 2 N–H and O–H groups in total. The first-order chi connectivity index (χ1) is 10.2. The van der Waals surface area contributed by atoms with E-state index in [4.69, 9.17) is 10.5 Å². The van der Waals surface area contributed by atoms with E-state index in [0.717, 1.165) is 26.2 Å². The van der Waals surface area contributed by atoms with Crippen molar-refractivity contribution in [1.29, 1.82) is 0 Å². The molecule has 0 aromatic heterocycles. The molecule has 1 aliphatic heterocycles. The summed E-state index contributed by atoms with van der Waals surface area (Å²) in [5.41, 5.74) is 8.11. The highest BCUT2D eigenvalue weighted by atomic mass is 16.5. The lowest BCUT2D eigenvalue weighted by Crippen LogP contribution is -2.49. The van der Waals surface area contributed by atoms with Crippen molar-refractivity contribution >= 4 is 11.6 Å².